The van der Waals surface area contributed by atoms with Gasteiger partial charge in [0.1, 0.15) is 16.7 Å². The fourth-order valence-corrected chi connectivity index (χ4v) is 4.04. The van der Waals surface area contributed by atoms with Gasteiger partial charge in [0, 0.05) is 15.8 Å². The van der Waals surface area contributed by atoms with Crippen molar-refractivity contribution in [2.45, 2.75) is 17.4 Å². The van der Waals surface area contributed by atoms with Gasteiger partial charge in [-0.05, 0) is 36.2 Å². The summed E-state index contributed by atoms with van der Waals surface area (Å²) in [7, 11) is -4.08. The molecule has 3 aromatic carbocycles. The van der Waals surface area contributed by atoms with Crippen LogP contribution in [0.3, 0.4) is 0 Å². The summed E-state index contributed by atoms with van der Waals surface area (Å²) in [5.41, 5.74) is 6.15. The summed E-state index contributed by atoms with van der Waals surface area (Å²) >= 11 is 6.13. The summed E-state index contributed by atoms with van der Waals surface area (Å²) in [6.45, 7) is 0. The van der Waals surface area contributed by atoms with Crippen molar-refractivity contribution in [3.8, 4) is 5.75 Å². The molecule has 0 amide bonds. The van der Waals surface area contributed by atoms with Gasteiger partial charge in [-0.25, -0.2) is 0 Å². The number of hydrogen-bond donors (Lipinski definition) is 2. The largest absolute Gasteiger partial charge is 0.480 e. The van der Waals surface area contributed by atoms with Crippen LogP contribution in [0.15, 0.2) is 65.6 Å². The predicted molar refractivity (Wildman–Crippen MR) is 103 cm³/mol. The number of nitrogens with two attached hydrogens (primary N) is 1. The number of carboxylic acid groups (broad SMARTS) is 1. The number of halogens is 1. The Bertz CT molecular complexity index is 1100. The van der Waals surface area contributed by atoms with Crippen LogP contribution in [0.2, 0.25) is 5.02 Å². The molecule has 0 aromatic heterocycles. The molecule has 0 saturated carbocycles. The first-order valence-corrected chi connectivity index (χ1v) is 9.75. The minimum Gasteiger partial charge on any atom is -0.480 e. The monoisotopic (exact) mass is 405 g/mol. The van der Waals surface area contributed by atoms with Crippen molar-refractivity contribution in [2.24, 2.45) is 5.73 Å². The topological polar surface area (TPSA) is 107 Å². The quantitative estimate of drug-likeness (QED) is 0.610. The van der Waals surface area contributed by atoms with Crippen LogP contribution in [0, 0.1) is 0 Å². The standard InChI is InChI=1S/C19H16ClNO5S/c20-16-5-1-4-15-14(16)3-2-6-18(15)27(24,25)26-13-9-7-12(8-10-13)11-17(21)19(22)23/h1-10,17H,11,21H2,(H,22,23). The first kappa shape index (κ1) is 19.2. The molecular weight excluding hydrogens is 390 g/mol. The third-order valence-electron chi connectivity index (χ3n) is 4.00. The summed E-state index contributed by atoms with van der Waals surface area (Å²) in [6.07, 6.45) is 0.129. The van der Waals surface area contributed by atoms with Gasteiger partial charge in [0.05, 0.1) is 0 Å². The van der Waals surface area contributed by atoms with E-state index in [4.69, 9.17) is 26.6 Å². The number of carbonyl (C=O) groups is 1. The van der Waals surface area contributed by atoms with Gasteiger partial charge in [-0.3, -0.25) is 4.79 Å². The first-order valence-electron chi connectivity index (χ1n) is 7.97. The number of hydrogen-bond acceptors (Lipinski definition) is 5. The van der Waals surface area contributed by atoms with E-state index < -0.39 is 22.1 Å². The predicted octanol–water partition coefficient (Wildman–Crippen LogP) is 3.22. The Morgan fingerprint density at radius 3 is 2.33 bits per heavy atom. The zero-order valence-corrected chi connectivity index (χ0v) is 15.6. The van der Waals surface area contributed by atoms with Crippen molar-refractivity contribution < 1.29 is 22.5 Å². The van der Waals surface area contributed by atoms with Crippen LogP contribution >= 0.6 is 11.6 Å². The highest BCUT2D eigenvalue weighted by Gasteiger charge is 2.20. The number of aliphatic carboxylic acids is 1. The Morgan fingerprint density at radius 1 is 1.04 bits per heavy atom. The van der Waals surface area contributed by atoms with Crippen LogP contribution in [-0.2, 0) is 21.3 Å². The van der Waals surface area contributed by atoms with Gasteiger partial charge in [0.15, 0.2) is 0 Å². The van der Waals surface area contributed by atoms with Gasteiger partial charge in [-0.2, -0.15) is 8.42 Å². The molecule has 1 atom stereocenters. The third kappa shape index (κ3) is 4.21. The van der Waals surface area contributed by atoms with E-state index in [0.717, 1.165) is 0 Å². The van der Waals surface area contributed by atoms with Crippen LogP contribution in [0.4, 0.5) is 0 Å². The molecule has 0 bridgehead atoms. The minimum absolute atomic E-state index is 0.0134. The summed E-state index contributed by atoms with van der Waals surface area (Å²) in [4.78, 5) is 10.8. The van der Waals surface area contributed by atoms with E-state index in [0.29, 0.717) is 21.4 Å². The molecule has 3 aromatic rings. The molecule has 0 aliphatic heterocycles. The lowest BCUT2D eigenvalue weighted by Gasteiger charge is -2.11. The zero-order valence-electron chi connectivity index (χ0n) is 14.0. The summed E-state index contributed by atoms with van der Waals surface area (Å²) in [5, 5.41) is 10.4. The maximum Gasteiger partial charge on any atom is 0.339 e. The maximum absolute atomic E-state index is 12.7. The Hall–Kier alpha value is -2.61. The molecule has 8 heteroatoms. The third-order valence-corrected chi connectivity index (χ3v) is 5.64. The Labute approximate surface area is 161 Å². The SMILES string of the molecule is NC(Cc1ccc(OS(=O)(=O)c2cccc3c(Cl)cccc23)cc1)C(=O)O. The Morgan fingerprint density at radius 2 is 1.67 bits per heavy atom. The lowest BCUT2D eigenvalue weighted by atomic mass is 10.1. The number of fused-ring (bicyclic) bond motifs is 1. The van der Waals surface area contributed by atoms with Crippen molar-refractivity contribution in [3.63, 3.8) is 0 Å². The van der Waals surface area contributed by atoms with Crippen molar-refractivity contribution >= 4 is 38.5 Å². The lowest BCUT2D eigenvalue weighted by Crippen LogP contribution is -2.32. The van der Waals surface area contributed by atoms with Crippen LogP contribution < -0.4 is 9.92 Å². The van der Waals surface area contributed by atoms with Crippen LogP contribution in [0.25, 0.3) is 10.8 Å². The molecule has 0 aliphatic carbocycles. The molecular formula is C19H16ClNO5S. The molecule has 140 valence electrons. The van der Waals surface area contributed by atoms with E-state index in [1.807, 2.05) is 0 Å². The molecule has 0 aliphatic rings. The Balaban J connectivity index is 1.87. The average molecular weight is 406 g/mol. The number of carboxylic acids is 1. The molecule has 1 unspecified atom stereocenters. The lowest BCUT2D eigenvalue weighted by molar-refractivity contribution is -0.138. The van der Waals surface area contributed by atoms with E-state index in [9.17, 15) is 13.2 Å². The second-order valence-electron chi connectivity index (χ2n) is 5.92. The van der Waals surface area contributed by atoms with Crippen molar-refractivity contribution in [1.29, 1.82) is 0 Å². The van der Waals surface area contributed by atoms with Crippen LogP contribution in [0.5, 0.6) is 5.75 Å². The average Bonchev–Trinajstić information content (AvgIpc) is 2.63. The van der Waals surface area contributed by atoms with E-state index in [-0.39, 0.29) is 17.1 Å². The van der Waals surface area contributed by atoms with E-state index in [1.54, 1.807) is 42.5 Å². The van der Waals surface area contributed by atoms with E-state index in [1.165, 1.54) is 18.2 Å². The van der Waals surface area contributed by atoms with Gasteiger partial charge in [0.25, 0.3) is 0 Å². The highest BCUT2D eigenvalue weighted by atomic mass is 35.5. The molecule has 27 heavy (non-hydrogen) atoms. The fraction of sp³-hybridized carbons (Fsp3) is 0.105. The van der Waals surface area contributed by atoms with Gasteiger partial charge in [-0.15, -0.1) is 0 Å². The molecule has 0 spiro atoms. The highest BCUT2D eigenvalue weighted by molar-refractivity contribution is 7.87. The molecule has 0 heterocycles. The number of rotatable bonds is 6. The zero-order chi connectivity index (χ0) is 19.6. The first-order chi connectivity index (χ1) is 12.8. The molecule has 3 N–H and O–H groups in total. The van der Waals surface area contributed by atoms with Gasteiger partial charge < -0.3 is 15.0 Å². The van der Waals surface area contributed by atoms with Gasteiger partial charge in [0.2, 0.25) is 0 Å². The summed E-state index contributed by atoms with van der Waals surface area (Å²) in [6, 6.07) is 14.8. The fourth-order valence-electron chi connectivity index (χ4n) is 2.65. The molecule has 0 fully saturated rings. The Kier molecular flexibility index (Phi) is 5.36. The molecule has 0 radical (unpaired) electrons. The minimum atomic E-state index is -4.08. The molecule has 6 nitrogen and oxygen atoms in total. The van der Waals surface area contributed by atoms with Crippen molar-refractivity contribution in [3.05, 3.63) is 71.2 Å². The van der Waals surface area contributed by atoms with E-state index >= 15 is 0 Å². The van der Waals surface area contributed by atoms with Crippen LogP contribution in [0.1, 0.15) is 5.56 Å². The maximum atomic E-state index is 12.7. The summed E-state index contributed by atoms with van der Waals surface area (Å²) in [5.74, 6) is -0.991. The van der Waals surface area contributed by atoms with Gasteiger partial charge in [-0.1, -0.05) is 48.0 Å². The molecule has 0 saturated heterocycles. The van der Waals surface area contributed by atoms with Crippen molar-refractivity contribution in [1.82, 2.24) is 0 Å². The highest BCUT2D eigenvalue weighted by Crippen LogP contribution is 2.30. The smallest absolute Gasteiger partial charge is 0.339 e. The summed E-state index contributed by atoms with van der Waals surface area (Å²) < 4.78 is 30.7. The second-order valence-corrected chi connectivity index (χ2v) is 7.84. The second kappa shape index (κ2) is 7.56. The van der Waals surface area contributed by atoms with Crippen LogP contribution in [-0.4, -0.2) is 25.5 Å². The number of benzene rings is 3. The van der Waals surface area contributed by atoms with Gasteiger partial charge >= 0.3 is 16.1 Å². The molecule has 3 rings (SSSR count). The normalized spacial score (nSPS) is 12.7. The van der Waals surface area contributed by atoms with Crippen molar-refractivity contribution in [2.75, 3.05) is 0 Å². The van der Waals surface area contributed by atoms with E-state index in [2.05, 4.69) is 0 Å².